The summed E-state index contributed by atoms with van der Waals surface area (Å²) in [4.78, 5) is 34.7. The number of hydroxylamine groups is 1. The fraction of sp³-hybridized carbons (Fsp3) is 0.200. The van der Waals surface area contributed by atoms with Crippen LogP contribution in [-0.2, 0) is 14.4 Å². The number of benzene rings is 3. The summed E-state index contributed by atoms with van der Waals surface area (Å²) in [6.07, 6.45) is -0.892. The number of amides is 2. The van der Waals surface area contributed by atoms with Crippen molar-refractivity contribution >= 4 is 23.2 Å². The van der Waals surface area contributed by atoms with Crippen LogP contribution in [-0.4, -0.2) is 17.9 Å². The molecule has 5 nitrogen and oxygen atoms in total. The molecule has 30 heavy (non-hydrogen) atoms. The van der Waals surface area contributed by atoms with E-state index in [0.29, 0.717) is 5.69 Å². The lowest BCUT2D eigenvalue weighted by Gasteiger charge is -2.32. The van der Waals surface area contributed by atoms with Crippen LogP contribution in [0.4, 0.5) is 11.4 Å². The van der Waals surface area contributed by atoms with Crippen molar-refractivity contribution in [1.82, 2.24) is 0 Å². The molecule has 2 amide bonds. The molecule has 5 rings (SSSR count). The number of hydrogen-bond donors (Lipinski definition) is 0. The molecular weight excluding hydrogens is 376 g/mol. The normalized spacial score (nSPS) is 25.7. The molecule has 0 saturated carbocycles. The van der Waals surface area contributed by atoms with Gasteiger partial charge in [0.05, 0.1) is 17.4 Å². The Kier molecular flexibility index (Phi) is 4.22. The number of imide groups is 1. The van der Waals surface area contributed by atoms with E-state index in [-0.39, 0.29) is 11.8 Å². The zero-order valence-corrected chi connectivity index (χ0v) is 16.9. The van der Waals surface area contributed by atoms with E-state index in [1.54, 1.807) is 5.06 Å². The molecule has 2 aliphatic heterocycles. The van der Waals surface area contributed by atoms with E-state index in [1.165, 1.54) is 4.90 Å². The Morgan fingerprint density at radius 1 is 0.800 bits per heavy atom. The van der Waals surface area contributed by atoms with Crippen molar-refractivity contribution in [2.24, 2.45) is 5.41 Å². The molecule has 0 spiro atoms. The van der Waals surface area contributed by atoms with Crippen LogP contribution in [0.3, 0.4) is 0 Å². The topological polar surface area (TPSA) is 49.9 Å². The van der Waals surface area contributed by atoms with Gasteiger partial charge in [0.25, 0.3) is 5.91 Å². The highest BCUT2D eigenvalue weighted by molar-refractivity contribution is 6.25. The monoisotopic (exact) mass is 398 g/mol. The Morgan fingerprint density at radius 3 is 2.03 bits per heavy atom. The average molecular weight is 398 g/mol. The Bertz CT molecular complexity index is 1100. The minimum atomic E-state index is -1.06. The molecule has 0 radical (unpaired) electrons. The predicted octanol–water partition coefficient (Wildman–Crippen LogP) is 4.44. The zero-order chi connectivity index (χ0) is 20.9. The van der Waals surface area contributed by atoms with Gasteiger partial charge in [-0.15, -0.1) is 0 Å². The average Bonchev–Trinajstić information content (AvgIpc) is 3.19. The van der Waals surface area contributed by atoms with Crippen molar-refractivity contribution in [3.05, 3.63) is 96.1 Å². The van der Waals surface area contributed by atoms with E-state index in [4.69, 9.17) is 4.84 Å². The Morgan fingerprint density at radius 2 is 1.40 bits per heavy atom. The van der Waals surface area contributed by atoms with Crippen molar-refractivity contribution in [3.63, 3.8) is 0 Å². The predicted molar refractivity (Wildman–Crippen MR) is 115 cm³/mol. The van der Waals surface area contributed by atoms with Crippen LogP contribution in [0, 0.1) is 12.3 Å². The van der Waals surface area contributed by atoms with Gasteiger partial charge in [-0.1, -0.05) is 66.2 Å². The standard InChI is InChI=1S/C25H22N2O3/c1-17-13-15-19(16-14-17)26-23(28)22-25(2,24(26)29)21(18-9-5-3-6-10-18)27(30-22)20-11-7-4-8-12-20/h3-16,21-22H,1-2H3/t21-,22+,25-/m0/s1. The summed E-state index contributed by atoms with van der Waals surface area (Å²) in [7, 11) is 0. The molecular formula is C25H22N2O3. The number of rotatable bonds is 3. The molecule has 5 heteroatoms. The highest BCUT2D eigenvalue weighted by Crippen LogP contribution is 2.55. The summed E-state index contributed by atoms with van der Waals surface area (Å²) in [5.41, 5.74) is 2.33. The number of para-hydroxylation sites is 1. The SMILES string of the molecule is Cc1ccc(N2C(=O)[C@H]3ON(c4ccccc4)[C@@H](c4ccccc4)[C@]3(C)C2=O)cc1. The van der Waals surface area contributed by atoms with E-state index in [0.717, 1.165) is 16.8 Å². The first-order valence-corrected chi connectivity index (χ1v) is 10.0. The number of hydrogen-bond acceptors (Lipinski definition) is 4. The van der Waals surface area contributed by atoms with Gasteiger partial charge in [-0.2, -0.15) is 0 Å². The first-order valence-electron chi connectivity index (χ1n) is 10.0. The third kappa shape index (κ3) is 2.59. The highest BCUT2D eigenvalue weighted by atomic mass is 16.7. The third-order valence-corrected chi connectivity index (χ3v) is 6.09. The van der Waals surface area contributed by atoms with Gasteiger partial charge >= 0.3 is 0 Å². The lowest BCUT2D eigenvalue weighted by Crippen LogP contribution is -2.41. The smallest absolute Gasteiger partial charge is 0.266 e. The molecule has 0 bridgehead atoms. The second-order valence-electron chi connectivity index (χ2n) is 8.06. The number of aryl methyl sites for hydroxylation is 1. The summed E-state index contributed by atoms with van der Waals surface area (Å²) in [6, 6.07) is 26.4. The third-order valence-electron chi connectivity index (χ3n) is 6.09. The summed E-state index contributed by atoms with van der Waals surface area (Å²) in [6.45, 7) is 3.81. The molecule has 0 N–H and O–H groups in total. The minimum Gasteiger partial charge on any atom is -0.273 e. The summed E-state index contributed by atoms with van der Waals surface area (Å²) < 4.78 is 0. The molecule has 2 heterocycles. The second kappa shape index (κ2) is 6.82. The van der Waals surface area contributed by atoms with E-state index in [9.17, 15) is 9.59 Å². The van der Waals surface area contributed by atoms with Crippen molar-refractivity contribution in [2.75, 3.05) is 9.96 Å². The first-order chi connectivity index (χ1) is 14.5. The quantitative estimate of drug-likeness (QED) is 0.612. The molecule has 150 valence electrons. The highest BCUT2D eigenvalue weighted by Gasteiger charge is 2.68. The maximum atomic E-state index is 13.8. The van der Waals surface area contributed by atoms with Gasteiger partial charge in [0, 0.05) is 0 Å². The van der Waals surface area contributed by atoms with Crippen molar-refractivity contribution in [2.45, 2.75) is 26.0 Å². The molecule has 0 aliphatic carbocycles. The zero-order valence-electron chi connectivity index (χ0n) is 16.9. The second-order valence-corrected chi connectivity index (χ2v) is 8.06. The van der Waals surface area contributed by atoms with Crippen molar-refractivity contribution in [3.8, 4) is 0 Å². The molecule has 3 aromatic rings. The van der Waals surface area contributed by atoms with Crippen LogP contribution in [0.25, 0.3) is 0 Å². The van der Waals surface area contributed by atoms with Gasteiger partial charge in [0.2, 0.25) is 5.91 Å². The van der Waals surface area contributed by atoms with Gasteiger partial charge in [-0.25, -0.2) is 9.96 Å². The van der Waals surface area contributed by atoms with Crippen LogP contribution in [0.2, 0.25) is 0 Å². The van der Waals surface area contributed by atoms with Gasteiger partial charge in [-0.3, -0.25) is 14.4 Å². The fourth-order valence-electron chi connectivity index (χ4n) is 4.50. The van der Waals surface area contributed by atoms with E-state index < -0.39 is 17.6 Å². The maximum Gasteiger partial charge on any atom is 0.266 e. The summed E-state index contributed by atoms with van der Waals surface area (Å²) in [5, 5.41) is 1.72. The molecule has 0 unspecified atom stereocenters. The van der Waals surface area contributed by atoms with Crippen molar-refractivity contribution in [1.29, 1.82) is 0 Å². The molecule has 3 aromatic carbocycles. The van der Waals surface area contributed by atoms with Crippen molar-refractivity contribution < 1.29 is 14.4 Å². The van der Waals surface area contributed by atoms with Crippen LogP contribution in [0.15, 0.2) is 84.9 Å². The summed E-state index contributed by atoms with van der Waals surface area (Å²) in [5.74, 6) is -0.570. The van der Waals surface area contributed by atoms with Crippen LogP contribution in [0.5, 0.6) is 0 Å². The lowest BCUT2D eigenvalue weighted by atomic mass is 9.76. The van der Waals surface area contributed by atoms with Gasteiger partial charge in [-0.05, 0) is 43.7 Å². The lowest BCUT2D eigenvalue weighted by molar-refractivity contribution is -0.128. The van der Waals surface area contributed by atoms with Gasteiger partial charge in [0.15, 0.2) is 6.10 Å². The molecule has 2 aliphatic rings. The van der Waals surface area contributed by atoms with Crippen LogP contribution in [0.1, 0.15) is 24.1 Å². The van der Waals surface area contributed by atoms with Crippen LogP contribution >= 0.6 is 0 Å². The van der Waals surface area contributed by atoms with Crippen LogP contribution < -0.4 is 9.96 Å². The maximum absolute atomic E-state index is 13.8. The number of carbonyl (C=O) groups is 2. The Labute approximate surface area is 175 Å². The van der Waals surface area contributed by atoms with Gasteiger partial charge < -0.3 is 0 Å². The Hall–Kier alpha value is -3.44. The van der Waals surface area contributed by atoms with E-state index in [1.807, 2.05) is 98.8 Å². The van der Waals surface area contributed by atoms with E-state index >= 15 is 0 Å². The molecule has 2 saturated heterocycles. The largest absolute Gasteiger partial charge is 0.273 e. The van der Waals surface area contributed by atoms with Gasteiger partial charge in [0.1, 0.15) is 5.41 Å². The molecule has 3 atom stereocenters. The Balaban J connectivity index is 1.63. The molecule has 2 fully saturated rings. The number of nitrogens with zero attached hydrogens (tertiary/aromatic N) is 2. The number of carbonyl (C=O) groups excluding carboxylic acids is 2. The number of anilines is 2. The number of fused-ring (bicyclic) bond motifs is 1. The first kappa shape index (κ1) is 18.6. The summed E-state index contributed by atoms with van der Waals surface area (Å²) >= 11 is 0. The fourth-order valence-corrected chi connectivity index (χ4v) is 4.50. The van der Waals surface area contributed by atoms with E-state index in [2.05, 4.69) is 0 Å². The minimum absolute atomic E-state index is 0.242. The molecule has 0 aromatic heterocycles.